The summed E-state index contributed by atoms with van der Waals surface area (Å²) in [5, 5.41) is 15.1. The number of methoxy groups -OCH3 is 1. The van der Waals surface area contributed by atoms with Gasteiger partial charge >= 0.3 is 5.97 Å². The van der Waals surface area contributed by atoms with Gasteiger partial charge in [-0.2, -0.15) is 0 Å². The maximum absolute atomic E-state index is 12.6. The molecule has 0 heterocycles. The maximum Gasteiger partial charge on any atom is 0.305 e. The minimum absolute atomic E-state index is 0.114. The average Bonchev–Trinajstić information content (AvgIpc) is 2.53. The Morgan fingerprint density at radius 1 is 1.19 bits per heavy atom. The number of carbonyl (C=O) groups is 2. The lowest BCUT2D eigenvalue weighted by molar-refractivity contribution is -0.140. The van der Waals surface area contributed by atoms with E-state index < -0.39 is 12.0 Å². The number of hydrogen-bond acceptors (Lipinski definition) is 4. The first kappa shape index (κ1) is 22.1. The molecule has 1 aromatic rings. The lowest BCUT2D eigenvalue weighted by Crippen LogP contribution is -2.51. The number of nitrogens with one attached hydrogen (secondary N) is 2. The number of benzene rings is 1. The van der Waals surface area contributed by atoms with E-state index in [9.17, 15) is 9.59 Å². The normalized spacial score (nSPS) is 13.8. The van der Waals surface area contributed by atoms with Gasteiger partial charge in [-0.15, -0.1) is 0 Å². The van der Waals surface area contributed by atoms with E-state index in [0.717, 1.165) is 12.0 Å². The third kappa shape index (κ3) is 9.53. The Hall–Kier alpha value is -1.92. The van der Waals surface area contributed by atoms with Crippen LogP contribution >= 0.6 is 0 Å². The maximum atomic E-state index is 12.6. The molecule has 6 heteroatoms. The van der Waals surface area contributed by atoms with E-state index in [4.69, 9.17) is 9.84 Å². The second kappa shape index (κ2) is 10.9. The van der Waals surface area contributed by atoms with Gasteiger partial charge in [0.05, 0.1) is 25.1 Å². The highest BCUT2D eigenvalue weighted by molar-refractivity contribution is 5.86. The first-order valence-electron chi connectivity index (χ1n) is 8.99. The van der Waals surface area contributed by atoms with Gasteiger partial charge in [-0.3, -0.25) is 9.59 Å². The van der Waals surface area contributed by atoms with Crippen LogP contribution in [0.25, 0.3) is 0 Å². The van der Waals surface area contributed by atoms with Gasteiger partial charge < -0.3 is 20.5 Å². The van der Waals surface area contributed by atoms with Crippen molar-refractivity contribution in [3.05, 3.63) is 35.9 Å². The lowest BCUT2D eigenvalue weighted by Gasteiger charge is -2.24. The molecule has 2 atom stereocenters. The Balaban J connectivity index is 2.68. The Bertz CT molecular complexity index is 555. The van der Waals surface area contributed by atoms with E-state index in [2.05, 4.69) is 31.4 Å². The predicted molar refractivity (Wildman–Crippen MR) is 102 cm³/mol. The van der Waals surface area contributed by atoms with Crippen LogP contribution in [-0.2, 0) is 20.7 Å². The number of aliphatic carboxylic acids is 1. The minimum Gasteiger partial charge on any atom is -0.481 e. The molecule has 0 radical (unpaired) electrons. The van der Waals surface area contributed by atoms with E-state index in [1.54, 1.807) is 7.11 Å². The van der Waals surface area contributed by atoms with E-state index in [0.29, 0.717) is 19.6 Å². The predicted octanol–water partition coefficient (Wildman–Crippen LogP) is 2.23. The van der Waals surface area contributed by atoms with Gasteiger partial charge in [0.1, 0.15) is 0 Å². The monoisotopic (exact) mass is 364 g/mol. The molecule has 0 spiro atoms. The first-order valence-corrected chi connectivity index (χ1v) is 8.99. The average molecular weight is 364 g/mol. The number of carboxylic acids is 1. The summed E-state index contributed by atoms with van der Waals surface area (Å²) in [6.45, 7) is 7.27. The number of amides is 1. The summed E-state index contributed by atoms with van der Waals surface area (Å²) >= 11 is 0. The van der Waals surface area contributed by atoms with Gasteiger partial charge in [0.15, 0.2) is 0 Å². The van der Waals surface area contributed by atoms with Gasteiger partial charge in [-0.1, -0.05) is 51.1 Å². The Labute approximate surface area is 156 Å². The number of carboxylic acid groups (broad SMARTS) is 1. The van der Waals surface area contributed by atoms with Crippen molar-refractivity contribution in [2.45, 2.75) is 52.1 Å². The largest absolute Gasteiger partial charge is 0.481 e. The fourth-order valence-corrected chi connectivity index (χ4v) is 2.61. The molecule has 146 valence electrons. The summed E-state index contributed by atoms with van der Waals surface area (Å²) in [5.41, 5.74) is 1.20. The Morgan fingerprint density at radius 2 is 1.85 bits per heavy atom. The topological polar surface area (TPSA) is 87.7 Å². The van der Waals surface area contributed by atoms with Crippen molar-refractivity contribution < 1.29 is 19.4 Å². The van der Waals surface area contributed by atoms with Crippen LogP contribution in [0.5, 0.6) is 0 Å². The molecule has 0 saturated carbocycles. The van der Waals surface area contributed by atoms with Crippen molar-refractivity contribution in [3.63, 3.8) is 0 Å². The fraction of sp³-hybridized carbons (Fsp3) is 0.600. The van der Waals surface area contributed by atoms with Gasteiger partial charge in [0.2, 0.25) is 5.91 Å². The number of ether oxygens (including phenoxy) is 1. The number of hydrogen-bond donors (Lipinski definition) is 3. The Kier molecular flexibility index (Phi) is 9.30. The van der Waals surface area contributed by atoms with Crippen molar-refractivity contribution in [1.82, 2.24) is 10.6 Å². The smallest absolute Gasteiger partial charge is 0.305 e. The summed E-state index contributed by atoms with van der Waals surface area (Å²) in [4.78, 5) is 23.7. The standard InChI is InChI=1S/C20H32N2O4/c1-20(2,3)10-11-21-17(13-18(23)24)19(25)22-16(14-26-4)12-15-8-6-5-7-9-15/h5-9,16-17,21H,10-14H2,1-4H3,(H,22,25)(H,23,24)/t16-,17-/m0/s1. The van der Waals surface area contributed by atoms with Crippen molar-refractivity contribution >= 4 is 11.9 Å². The summed E-state index contributed by atoms with van der Waals surface area (Å²) in [6.07, 6.45) is 1.23. The van der Waals surface area contributed by atoms with Gasteiger partial charge in [-0.05, 0) is 30.4 Å². The van der Waals surface area contributed by atoms with Gasteiger partial charge in [0, 0.05) is 7.11 Å². The quantitative estimate of drug-likeness (QED) is 0.560. The van der Waals surface area contributed by atoms with Crippen LogP contribution in [0.3, 0.4) is 0 Å². The van der Waals surface area contributed by atoms with Crippen LogP contribution in [0.2, 0.25) is 0 Å². The molecule has 0 aromatic heterocycles. The highest BCUT2D eigenvalue weighted by Gasteiger charge is 2.24. The second-order valence-corrected chi connectivity index (χ2v) is 7.77. The van der Waals surface area contributed by atoms with Crippen molar-refractivity contribution in [2.75, 3.05) is 20.3 Å². The molecule has 0 unspecified atom stereocenters. The summed E-state index contributed by atoms with van der Waals surface area (Å²) in [6, 6.07) is 8.84. The van der Waals surface area contributed by atoms with Gasteiger partial charge in [-0.25, -0.2) is 0 Å². The van der Waals surface area contributed by atoms with Crippen molar-refractivity contribution in [3.8, 4) is 0 Å². The first-order chi connectivity index (χ1) is 12.2. The van der Waals surface area contributed by atoms with Crippen molar-refractivity contribution in [1.29, 1.82) is 0 Å². The highest BCUT2D eigenvalue weighted by atomic mass is 16.5. The number of rotatable bonds is 11. The molecule has 0 aliphatic heterocycles. The van der Waals surface area contributed by atoms with Crippen LogP contribution in [0.15, 0.2) is 30.3 Å². The van der Waals surface area contributed by atoms with Crippen molar-refractivity contribution in [2.24, 2.45) is 5.41 Å². The number of carbonyl (C=O) groups excluding carboxylic acids is 1. The van der Waals surface area contributed by atoms with Gasteiger partial charge in [0.25, 0.3) is 0 Å². The molecule has 26 heavy (non-hydrogen) atoms. The third-order valence-electron chi connectivity index (χ3n) is 4.00. The molecule has 0 aliphatic rings. The van der Waals surface area contributed by atoms with Crippen LogP contribution in [0.1, 0.15) is 39.2 Å². The molecule has 1 amide bonds. The molecular formula is C20H32N2O4. The van der Waals surface area contributed by atoms with E-state index in [1.807, 2.05) is 30.3 Å². The highest BCUT2D eigenvalue weighted by Crippen LogP contribution is 2.17. The second-order valence-electron chi connectivity index (χ2n) is 7.77. The molecule has 1 aromatic carbocycles. The third-order valence-corrected chi connectivity index (χ3v) is 4.00. The van der Waals surface area contributed by atoms with E-state index >= 15 is 0 Å². The molecular weight excluding hydrogens is 332 g/mol. The molecule has 0 bridgehead atoms. The zero-order chi connectivity index (χ0) is 19.6. The van der Waals surface area contributed by atoms with Crippen LogP contribution in [0.4, 0.5) is 0 Å². The molecule has 0 saturated heterocycles. The van der Waals surface area contributed by atoms with E-state index in [-0.39, 0.29) is 23.8 Å². The van der Waals surface area contributed by atoms with E-state index in [1.165, 1.54) is 0 Å². The molecule has 3 N–H and O–H groups in total. The zero-order valence-electron chi connectivity index (χ0n) is 16.2. The molecule has 6 nitrogen and oxygen atoms in total. The summed E-state index contributed by atoms with van der Waals surface area (Å²) in [5.74, 6) is -1.31. The molecule has 1 rings (SSSR count). The van der Waals surface area contributed by atoms with Crippen LogP contribution in [0, 0.1) is 5.41 Å². The van der Waals surface area contributed by atoms with Crippen LogP contribution < -0.4 is 10.6 Å². The Morgan fingerprint density at radius 3 is 2.38 bits per heavy atom. The minimum atomic E-state index is -1.00. The zero-order valence-corrected chi connectivity index (χ0v) is 16.2. The SMILES string of the molecule is COC[C@H](Cc1ccccc1)NC(=O)[C@H](CC(=O)O)NCCC(C)(C)C. The van der Waals surface area contributed by atoms with Crippen LogP contribution in [-0.4, -0.2) is 49.3 Å². The summed E-state index contributed by atoms with van der Waals surface area (Å²) < 4.78 is 5.21. The lowest BCUT2D eigenvalue weighted by atomic mass is 9.92. The fourth-order valence-electron chi connectivity index (χ4n) is 2.61. The molecule has 0 aliphatic carbocycles. The summed E-state index contributed by atoms with van der Waals surface area (Å²) in [7, 11) is 1.58. The molecule has 0 fully saturated rings.